The van der Waals surface area contributed by atoms with Crippen LogP contribution in [-0.2, 0) is 9.59 Å². The van der Waals surface area contributed by atoms with Crippen LogP contribution in [0.1, 0.15) is 20.3 Å². The molecule has 0 aliphatic heterocycles. The largest absolute Gasteiger partial charge is 0.492 e. The van der Waals surface area contributed by atoms with E-state index in [1.54, 1.807) is 13.8 Å². The van der Waals surface area contributed by atoms with Crippen LogP contribution in [-0.4, -0.2) is 23.6 Å². The molecule has 2 N–H and O–H groups in total. The van der Waals surface area contributed by atoms with E-state index in [1.165, 1.54) is 6.07 Å². The Morgan fingerprint density at radius 1 is 1.45 bits per heavy atom. The minimum absolute atomic E-state index is 0.109. The van der Waals surface area contributed by atoms with Crippen molar-refractivity contribution in [3.63, 3.8) is 0 Å². The van der Waals surface area contributed by atoms with Crippen molar-refractivity contribution in [1.82, 2.24) is 0 Å². The maximum Gasteiger partial charge on any atom is 0.316 e. The number of halogens is 2. The Labute approximate surface area is 124 Å². The number of carboxylic acid groups (broad SMARTS) is 1. The molecule has 0 radical (unpaired) electrons. The van der Waals surface area contributed by atoms with Gasteiger partial charge < -0.3 is 15.2 Å². The third-order valence-corrected chi connectivity index (χ3v) is 3.21. The molecule has 7 heteroatoms. The van der Waals surface area contributed by atoms with Gasteiger partial charge in [0.25, 0.3) is 0 Å². The summed E-state index contributed by atoms with van der Waals surface area (Å²) in [5.41, 5.74) is 0.109. The number of hydrogen-bond donors (Lipinski definition) is 2. The SMILES string of the molecule is CCOc1cc(Br)c(F)cc1NC(=O)C(CC)C(=O)O. The zero-order valence-corrected chi connectivity index (χ0v) is 12.7. The first kappa shape index (κ1) is 16.4. The lowest BCUT2D eigenvalue weighted by Crippen LogP contribution is -2.29. The van der Waals surface area contributed by atoms with E-state index in [-0.39, 0.29) is 22.3 Å². The van der Waals surface area contributed by atoms with E-state index in [2.05, 4.69) is 21.2 Å². The van der Waals surface area contributed by atoms with Crippen LogP contribution in [0.4, 0.5) is 10.1 Å². The maximum absolute atomic E-state index is 13.5. The number of carbonyl (C=O) groups excluding carboxylic acids is 1. The zero-order chi connectivity index (χ0) is 15.3. The molecule has 0 aliphatic rings. The van der Waals surface area contributed by atoms with Gasteiger partial charge in [-0.1, -0.05) is 6.92 Å². The van der Waals surface area contributed by atoms with Crippen LogP contribution in [0.3, 0.4) is 0 Å². The molecule has 110 valence electrons. The molecule has 0 aromatic heterocycles. The number of ether oxygens (including phenoxy) is 1. The van der Waals surface area contributed by atoms with Gasteiger partial charge in [0.05, 0.1) is 16.8 Å². The summed E-state index contributed by atoms with van der Waals surface area (Å²) in [5.74, 6) is -3.42. The standard InChI is InChI=1S/C13H15BrFNO4/c1-3-7(13(18)19)12(17)16-10-6-9(15)8(14)5-11(10)20-4-2/h5-7H,3-4H2,1-2H3,(H,16,17)(H,18,19). The Morgan fingerprint density at radius 2 is 2.10 bits per heavy atom. The van der Waals surface area contributed by atoms with Crippen LogP contribution in [0.5, 0.6) is 5.75 Å². The van der Waals surface area contributed by atoms with Gasteiger partial charge in [-0.3, -0.25) is 9.59 Å². The van der Waals surface area contributed by atoms with Crippen molar-refractivity contribution in [1.29, 1.82) is 0 Å². The van der Waals surface area contributed by atoms with E-state index in [1.807, 2.05) is 0 Å². The van der Waals surface area contributed by atoms with Crippen LogP contribution in [0.15, 0.2) is 16.6 Å². The van der Waals surface area contributed by atoms with E-state index in [0.29, 0.717) is 6.61 Å². The molecule has 5 nitrogen and oxygen atoms in total. The maximum atomic E-state index is 13.5. The van der Waals surface area contributed by atoms with E-state index in [9.17, 15) is 14.0 Å². The molecule has 20 heavy (non-hydrogen) atoms. The predicted molar refractivity (Wildman–Crippen MR) is 75.3 cm³/mol. The number of hydrogen-bond acceptors (Lipinski definition) is 3. The van der Waals surface area contributed by atoms with Crippen LogP contribution in [0.2, 0.25) is 0 Å². The van der Waals surface area contributed by atoms with Gasteiger partial charge in [-0.05, 0) is 35.3 Å². The van der Waals surface area contributed by atoms with Gasteiger partial charge in [-0.2, -0.15) is 0 Å². The van der Waals surface area contributed by atoms with Gasteiger partial charge in [0, 0.05) is 6.07 Å². The minimum atomic E-state index is -1.22. The van der Waals surface area contributed by atoms with Gasteiger partial charge >= 0.3 is 5.97 Å². The fourth-order valence-electron chi connectivity index (χ4n) is 1.59. The monoisotopic (exact) mass is 347 g/mol. The molecule has 1 amide bonds. The number of nitrogens with one attached hydrogen (secondary N) is 1. The third kappa shape index (κ3) is 3.93. The summed E-state index contributed by atoms with van der Waals surface area (Å²) in [6, 6.07) is 2.47. The predicted octanol–water partition coefficient (Wildman–Crippen LogP) is 3.04. The molecule has 0 saturated carbocycles. The molecule has 0 bridgehead atoms. The number of carboxylic acids is 1. The lowest BCUT2D eigenvalue weighted by molar-refractivity contribution is -0.145. The summed E-state index contributed by atoms with van der Waals surface area (Å²) in [7, 11) is 0. The van der Waals surface area contributed by atoms with Crippen molar-refractivity contribution in [2.24, 2.45) is 5.92 Å². The van der Waals surface area contributed by atoms with Crippen molar-refractivity contribution >= 4 is 33.5 Å². The van der Waals surface area contributed by atoms with E-state index in [4.69, 9.17) is 9.84 Å². The van der Waals surface area contributed by atoms with Gasteiger partial charge in [0.2, 0.25) is 5.91 Å². The second kappa shape index (κ2) is 7.23. The number of rotatable bonds is 6. The molecule has 0 heterocycles. The fraction of sp³-hybridized carbons (Fsp3) is 0.385. The van der Waals surface area contributed by atoms with Crippen molar-refractivity contribution < 1.29 is 23.8 Å². The second-order valence-electron chi connectivity index (χ2n) is 3.98. The van der Waals surface area contributed by atoms with Crippen molar-refractivity contribution in [3.05, 3.63) is 22.4 Å². The minimum Gasteiger partial charge on any atom is -0.492 e. The van der Waals surface area contributed by atoms with Crippen LogP contribution >= 0.6 is 15.9 Å². The molecule has 1 unspecified atom stereocenters. The Bertz CT molecular complexity index is 521. The molecule has 1 rings (SSSR count). The Hall–Kier alpha value is -1.63. The van der Waals surface area contributed by atoms with Crippen molar-refractivity contribution in [3.8, 4) is 5.75 Å². The van der Waals surface area contributed by atoms with E-state index < -0.39 is 23.6 Å². The van der Waals surface area contributed by atoms with Crippen molar-refractivity contribution in [2.75, 3.05) is 11.9 Å². The fourth-order valence-corrected chi connectivity index (χ4v) is 1.92. The van der Waals surface area contributed by atoms with Gasteiger partial charge in [-0.25, -0.2) is 4.39 Å². The summed E-state index contributed by atoms with van der Waals surface area (Å²) < 4.78 is 19.0. The number of anilines is 1. The second-order valence-corrected chi connectivity index (χ2v) is 4.84. The van der Waals surface area contributed by atoms with Crippen LogP contribution < -0.4 is 10.1 Å². The Kier molecular flexibility index (Phi) is 5.94. The van der Waals surface area contributed by atoms with Crippen LogP contribution in [0, 0.1) is 11.7 Å². The summed E-state index contributed by atoms with van der Waals surface area (Å²) in [4.78, 5) is 22.8. The highest BCUT2D eigenvalue weighted by Gasteiger charge is 2.25. The lowest BCUT2D eigenvalue weighted by atomic mass is 10.1. The highest BCUT2D eigenvalue weighted by molar-refractivity contribution is 9.10. The highest BCUT2D eigenvalue weighted by Crippen LogP contribution is 2.31. The quantitative estimate of drug-likeness (QED) is 0.775. The smallest absolute Gasteiger partial charge is 0.316 e. The molecular formula is C13H15BrFNO4. The van der Waals surface area contributed by atoms with E-state index >= 15 is 0 Å². The molecule has 1 atom stereocenters. The normalized spacial score (nSPS) is 11.8. The van der Waals surface area contributed by atoms with Gasteiger partial charge in [-0.15, -0.1) is 0 Å². The molecule has 0 spiro atoms. The van der Waals surface area contributed by atoms with Gasteiger partial charge in [0.1, 0.15) is 17.5 Å². The summed E-state index contributed by atoms with van der Waals surface area (Å²) >= 11 is 3.02. The van der Waals surface area contributed by atoms with Crippen molar-refractivity contribution in [2.45, 2.75) is 20.3 Å². The number of amides is 1. The molecule has 0 fully saturated rings. The van der Waals surface area contributed by atoms with Gasteiger partial charge in [0.15, 0.2) is 0 Å². The summed E-state index contributed by atoms with van der Waals surface area (Å²) in [6.07, 6.45) is 0.143. The molecule has 1 aromatic carbocycles. The topological polar surface area (TPSA) is 75.6 Å². The Morgan fingerprint density at radius 3 is 2.60 bits per heavy atom. The molecule has 1 aromatic rings. The lowest BCUT2D eigenvalue weighted by Gasteiger charge is -2.15. The highest BCUT2D eigenvalue weighted by atomic mass is 79.9. The van der Waals surface area contributed by atoms with E-state index in [0.717, 1.165) is 6.07 Å². The third-order valence-electron chi connectivity index (χ3n) is 2.60. The molecular weight excluding hydrogens is 333 g/mol. The summed E-state index contributed by atoms with van der Waals surface area (Å²) in [5, 5.41) is 11.3. The Balaban J connectivity index is 3.04. The summed E-state index contributed by atoms with van der Waals surface area (Å²) in [6.45, 7) is 3.66. The first-order valence-corrected chi connectivity index (χ1v) is 6.85. The first-order chi connectivity index (χ1) is 9.40. The van der Waals surface area contributed by atoms with Crippen LogP contribution in [0.25, 0.3) is 0 Å². The molecule has 0 aliphatic carbocycles. The first-order valence-electron chi connectivity index (χ1n) is 6.06. The average molecular weight is 348 g/mol. The average Bonchev–Trinajstić information content (AvgIpc) is 2.36. The number of benzene rings is 1. The molecule has 0 saturated heterocycles. The zero-order valence-electron chi connectivity index (χ0n) is 11.1. The number of carbonyl (C=O) groups is 2. The number of aliphatic carboxylic acids is 1.